The van der Waals surface area contributed by atoms with E-state index >= 15 is 0 Å². The van der Waals surface area contributed by atoms with Gasteiger partial charge in [-0.1, -0.05) is 24.6 Å². The van der Waals surface area contributed by atoms with Gasteiger partial charge in [0, 0.05) is 17.7 Å². The smallest absolute Gasteiger partial charge is 0.0970 e. The van der Waals surface area contributed by atoms with Crippen molar-refractivity contribution in [1.82, 2.24) is 9.88 Å². The van der Waals surface area contributed by atoms with Gasteiger partial charge in [0.25, 0.3) is 0 Å². The summed E-state index contributed by atoms with van der Waals surface area (Å²) in [5.41, 5.74) is 3.77. The van der Waals surface area contributed by atoms with Crippen molar-refractivity contribution in [3.8, 4) is 0 Å². The number of piperidine rings is 1. The molecule has 0 saturated carbocycles. The monoisotopic (exact) mass is 300 g/mol. The van der Waals surface area contributed by atoms with Gasteiger partial charge in [0.1, 0.15) is 0 Å². The number of benzene rings is 1. The minimum Gasteiger partial charge on any atom is -0.303 e. The molecule has 1 aromatic carbocycles. The molecule has 112 valence electrons. The summed E-state index contributed by atoms with van der Waals surface area (Å²) in [6.07, 6.45) is 4.16. The zero-order valence-electron chi connectivity index (χ0n) is 13.1. The number of aryl methyl sites for hydroxylation is 2. The maximum absolute atomic E-state index is 4.86. The van der Waals surface area contributed by atoms with E-state index in [1.54, 1.807) is 0 Å². The molecule has 0 radical (unpaired) electrons. The first-order chi connectivity index (χ1) is 10.2. The molecule has 0 N–H and O–H groups in total. The average Bonchev–Trinajstić information content (AvgIpc) is 2.50. The van der Waals surface area contributed by atoms with Gasteiger partial charge < -0.3 is 4.90 Å². The Hall–Kier alpha value is -1.06. The van der Waals surface area contributed by atoms with Crippen molar-refractivity contribution in [1.29, 1.82) is 0 Å². The first kappa shape index (κ1) is 14.9. The number of thioether (sulfide) groups is 1. The summed E-state index contributed by atoms with van der Waals surface area (Å²) in [5.74, 6) is 1.14. The first-order valence-corrected chi connectivity index (χ1v) is 8.95. The van der Waals surface area contributed by atoms with Crippen molar-refractivity contribution < 1.29 is 0 Å². The van der Waals surface area contributed by atoms with E-state index in [4.69, 9.17) is 4.98 Å². The third-order valence-corrected chi connectivity index (χ3v) is 5.22. The van der Waals surface area contributed by atoms with Gasteiger partial charge in [-0.25, -0.2) is 4.98 Å². The molecule has 2 heterocycles. The van der Waals surface area contributed by atoms with E-state index in [-0.39, 0.29) is 0 Å². The summed E-state index contributed by atoms with van der Waals surface area (Å²) >= 11 is 1.90. The van der Waals surface area contributed by atoms with Gasteiger partial charge in [0.05, 0.1) is 10.5 Å². The van der Waals surface area contributed by atoms with Gasteiger partial charge in [-0.3, -0.25) is 0 Å². The van der Waals surface area contributed by atoms with Crippen LogP contribution in [0.5, 0.6) is 0 Å². The standard InChI is InChI=1S/C18H24N2S/c1-14-7-6-8-16-15(2)13-17(19-18(14)16)21-12-11-20-9-4-3-5-10-20/h6-8,13H,3-5,9-12H2,1-2H3. The zero-order chi connectivity index (χ0) is 14.7. The summed E-state index contributed by atoms with van der Waals surface area (Å²) < 4.78 is 0. The maximum Gasteiger partial charge on any atom is 0.0970 e. The molecule has 1 saturated heterocycles. The second-order valence-corrected chi connectivity index (χ2v) is 7.11. The number of rotatable bonds is 4. The maximum atomic E-state index is 4.86. The number of hydrogen-bond donors (Lipinski definition) is 0. The minimum absolute atomic E-state index is 1.14. The highest BCUT2D eigenvalue weighted by molar-refractivity contribution is 7.99. The highest BCUT2D eigenvalue weighted by Gasteiger charge is 2.10. The average molecular weight is 300 g/mol. The number of fused-ring (bicyclic) bond motifs is 1. The van der Waals surface area contributed by atoms with Crippen molar-refractivity contribution in [3.63, 3.8) is 0 Å². The molecule has 0 unspecified atom stereocenters. The topological polar surface area (TPSA) is 16.1 Å². The fraction of sp³-hybridized carbons (Fsp3) is 0.500. The summed E-state index contributed by atoms with van der Waals surface area (Å²) in [4.78, 5) is 7.46. The number of likely N-dealkylation sites (tertiary alicyclic amines) is 1. The van der Waals surface area contributed by atoms with E-state index in [2.05, 4.69) is 43.0 Å². The SMILES string of the molecule is Cc1cc(SCCN2CCCCC2)nc2c(C)cccc12. The molecule has 21 heavy (non-hydrogen) atoms. The number of hydrogen-bond acceptors (Lipinski definition) is 3. The molecule has 0 spiro atoms. The molecule has 3 heteroatoms. The van der Waals surface area contributed by atoms with Crippen molar-refractivity contribution in [2.24, 2.45) is 0 Å². The molecule has 0 amide bonds. The molecule has 0 aliphatic carbocycles. The summed E-state index contributed by atoms with van der Waals surface area (Å²) in [6.45, 7) is 8.10. The lowest BCUT2D eigenvalue weighted by atomic mass is 10.1. The Morgan fingerprint density at radius 1 is 1.10 bits per heavy atom. The summed E-state index contributed by atoms with van der Waals surface area (Å²) in [6, 6.07) is 8.68. The molecular formula is C18H24N2S. The highest BCUT2D eigenvalue weighted by atomic mass is 32.2. The highest BCUT2D eigenvalue weighted by Crippen LogP contribution is 2.25. The van der Waals surface area contributed by atoms with Gasteiger partial charge >= 0.3 is 0 Å². The fourth-order valence-corrected chi connectivity index (χ4v) is 4.04. The van der Waals surface area contributed by atoms with Crippen LogP contribution < -0.4 is 0 Å². The predicted octanol–water partition coefficient (Wildman–Crippen LogP) is 4.43. The van der Waals surface area contributed by atoms with Gasteiger partial charge in [0.2, 0.25) is 0 Å². The number of para-hydroxylation sites is 1. The van der Waals surface area contributed by atoms with Crippen LogP contribution in [0.2, 0.25) is 0 Å². The second-order valence-electron chi connectivity index (χ2n) is 6.00. The molecular weight excluding hydrogens is 276 g/mol. The molecule has 1 aliphatic rings. The predicted molar refractivity (Wildman–Crippen MR) is 92.2 cm³/mol. The van der Waals surface area contributed by atoms with Crippen LogP contribution in [-0.2, 0) is 0 Å². The van der Waals surface area contributed by atoms with Crippen LogP contribution in [0.15, 0.2) is 29.3 Å². The van der Waals surface area contributed by atoms with Crippen LogP contribution in [0.3, 0.4) is 0 Å². The molecule has 0 bridgehead atoms. The number of aromatic nitrogens is 1. The lowest BCUT2D eigenvalue weighted by Crippen LogP contribution is -2.31. The second kappa shape index (κ2) is 6.80. The molecule has 1 fully saturated rings. The quantitative estimate of drug-likeness (QED) is 0.777. The molecule has 2 nitrogen and oxygen atoms in total. The first-order valence-electron chi connectivity index (χ1n) is 7.96. The number of pyridine rings is 1. The van der Waals surface area contributed by atoms with E-state index in [9.17, 15) is 0 Å². The minimum atomic E-state index is 1.14. The number of nitrogens with zero attached hydrogens (tertiary/aromatic N) is 2. The Morgan fingerprint density at radius 3 is 2.71 bits per heavy atom. The van der Waals surface area contributed by atoms with E-state index in [0.29, 0.717) is 0 Å². The van der Waals surface area contributed by atoms with Crippen molar-refractivity contribution in [2.45, 2.75) is 38.1 Å². The molecule has 3 rings (SSSR count). The fourth-order valence-electron chi connectivity index (χ4n) is 3.07. The summed E-state index contributed by atoms with van der Waals surface area (Å²) in [5, 5.41) is 2.46. The van der Waals surface area contributed by atoms with Crippen LogP contribution in [0.1, 0.15) is 30.4 Å². The van der Waals surface area contributed by atoms with Crippen LogP contribution in [-0.4, -0.2) is 35.3 Å². The van der Waals surface area contributed by atoms with E-state index < -0.39 is 0 Å². The normalized spacial score (nSPS) is 16.5. The van der Waals surface area contributed by atoms with E-state index in [1.807, 2.05) is 11.8 Å². The van der Waals surface area contributed by atoms with Crippen LogP contribution >= 0.6 is 11.8 Å². The summed E-state index contributed by atoms with van der Waals surface area (Å²) in [7, 11) is 0. The molecule has 1 aromatic heterocycles. The third-order valence-electron chi connectivity index (χ3n) is 4.33. The van der Waals surface area contributed by atoms with E-state index in [0.717, 1.165) is 11.3 Å². The Balaban J connectivity index is 1.68. The molecule has 1 aliphatic heterocycles. The Labute approximate surface area is 131 Å². The van der Waals surface area contributed by atoms with Gasteiger partial charge in [0.15, 0.2) is 0 Å². The Bertz CT molecular complexity index is 618. The van der Waals surface area contributed by atoms with Crippen molar-refractivity contribution in [2.75, 3.05) is 25.4 Å². The van der Waals surface area contributed by atoms with Gasteiger partial charge in [-0.2, -0.15) is 0 Å². The lowest BCUT2D eigenvalue weighted by Gasteiger charge is -2.26. The van der Waals surface area contributed by atoms with Crippen molar-refractivity contribution in [3.05, 3.63) is 35.4 Å². The lowest BCUT2D eigenvalue weighted by molar-refractivity contribution is 0.242. The third kappa shape index (κ3) is 3.58. The van der Waals surface area contributed by atoms with Crippen molar-refractivity contribution >= 4 is 22.7 Å². The van der Waals surface area contributed by atoms with Gasteiger partial charge in [-0.05, 0) is 57.0 Å². The zero-order valence-corrected chi connectivity index (χ0v) is 13.9. The van der Waals surface area contributed by atoms with Gasteiger partial charge in [-0.15, -0.1) is 11.8 Å². The van der Waals surface area contributed by atoms with Crippen LogP contribution in [0.4, 0.5) is 0 Å². The Morgan fingerprint density at radius 2 is 1.90 bits per heavy atom. The van der Waals surface area contributed by atoms with Crippen LogP contribution in [0, 0.1) is 13.8 Å². The molecule has 0 atom stereocenters. The van der Waals surface area contributed by atoms with Crippen LogP contribution in [0.25, 0.3) is 10.9 Å². The molecule has 2 aromatic rings. The Kier molecular flexibility index (Phi) is 4.81. The largest absolute Gasteiger partial charge is 0.303 e. The van der Waals surface area contributed by atoms with E-state index in [1.165, 1.54) is 60.4 Å².